The van der Waals surface area contributed by atoms with Crippen molar-refractivity contribution >= 4 is 29.3 Å². The van der Waals surface area contributed by atoms with E-state index in [-0.39, 0.29) is 5.97 Å². The van der Waals surface area contributed by atoms with Crippen LogP contribution in [0.1, 0.15) is 17.5 Å². The molecule has 0 N–H and O–H groups in total. The first-order valence-corrected chi connectivity index (χ1v) is 6.53. The Balaban J connectivity index is 2.42. The van der Waals surface area contributed by atoms with Crippen LogP contribution in [0.2, 0.25) is 5.02 Å². The Bertz CT molecular complexity index is 443. The fraction of sp³-hybridized carbons (Fsp3) is 0.333. The summed E-state index contributed by atoms with van der Waals surface area (Å²) in [7, 11) is 1.38. The molecule has 1 aromatic carbocycles. The highest BCUT2D eigenvalue weighted by atomic mass is 35.5. The van der Waals surface area contributed by atoms with Crippen molar-refractivity contribution in [1.82, 2.24) is 0 Å². The number of halogens is 1. The van der Waals surface area contributed by atoms with Crippen molar-refractivity contribution < 1.29 is 9.53 Å². The van der Waals surface area contributed by atoms with Gasteiger partial charge in [-0.2, -0.15) is 17.0 Å². The van der Waals surface area contributed by atoms with Crippen LogP contribution in [0.5, 0.6) is 0 Å². The van der Waals surface area contributed by atoms with Crippen LogP contribution < -0.4 is 0 Å². The molecule has 0 saturated carbocycles. The molecule has 1 aromatic rings. The van der Waals surface area contributed by atoms with Gasteiger partial charge < -0.3 is 4.74 Å². The largest absolute Gasteiger partial charge is 0.469 e. The highest BCUT2D eigenvalue weighted by molar-refractivity contribution is 7.98. The number of thioether (sulfide) groups is 1. The summed E-state index contributed by atoms with van der Waals surface area (Å²) in [6.45, 7) is 0. The zero-order chi connectivity index (χ0) is 12.7. The van der Waals surface area contributed by atoms with E-state index in [0.29, 0.717) is 22.8 Å². The van der Waals surface area contributed by atoms with E-state index >= 15 is 0 Å². The average Bonchev–Trinajstić information content (AvgIpc) is 2.35. The Labute approximate surface area is 110 Å². The Hall–Kier alpha value is -1.18. The summed E-state index contributed by atoms with van der Waals surface area (Å²) in [5.41, 5.74) is 1.53. The molecular weight excluding hydrogens is 258 g/mol. The first-order valence-electron chi connectivity index (χ1n) is 5.00. The Morgan fingerprint density at radius 1 is 1.59 bits per heavy atom. The molecule has 1 rings (SSSR count). The van der Waals surface area contributed by atoms with Crippen LogP contribution in [0.15, 0.2) is 18.2 Å². The zero-order valence-corrected chi connectivity index (χ0v) is 11.0. The van der Waals surface area contributed by atoms with Crippen LogP contribution in [0, 0.1) is 11.3 Å². The number of carbonyl (C=O) groups excluding carboxylic acids is 1. The van der Waals surface area contributed by atoms with Gasteiger partial charge in [0.25, 0.3) is 0 Å². The van der Waals surface area contributed by atoms with Crippen LogP contribution in [-0.4, -0.2) is 18.8 Å². The number of nitriles is 1. The first kappa shape index (κ1) is 13.9. The lowest BCUT2D eigenvalue weighted by Crippen LogP contribution is -2.01. The maximum Gasteiger partial charge on any atom is 0.306 e. The van der Waals surface area contributed by atoms with Gasteiger partial charge in [0.2, 0.25) is 0 Å². The fourth-order valence-corrected chi connectivity index (χ4v) is 2.43. The summed E-state index contributed by atoms with van der Waals surface area (Å²) in [6.07, 6.45) is 0.398. The predicted octanol–water partition coefficient (Wildman–Crippen LogP) is 3.01. The Morgan fingerprint density at radius 3 is 2.94 bits per heavy atom. The minimum atomic E-state index is -0.205. The molecule has 0 unspecified atom stereocenters. The molecule has 0 fully saturated rings. The van der Waals surface area contributed by atoms with Gasteiger partial charge in [0.05, 0.1) is 25.2 Å². The number of esters is 1. The maximum absolute atomic E-state index is 10.9. The number of ether oxygens (including phenoxy) is 1. The molecule has 90 valence electrons. The van der Waals surface area contributed by atoms with Crippen molar-refractivity contribution in [2.24, 2.45) is 0 Å². The highest BCUT2D eigenvalue weighted by Gasteiger charge is 2.04. The lowest BCUT2D eigenvalue weighted by atomic mass is 10.2. The van der Waals surface area contributed by atoms with E-state index in [9.17, 15) is 4.79 Å². The third kappa shape index (κ3) is 4.68. The SMILES string of the molecule is COC(=O)CCSCc1ccc(C#N)cc1Cl. The van der Waals surface area contributed by atoms with Crippen molar-refractivity contribution in [2.75, 3.05) is 12.9 Å². The molecular formula is C12H12ClNO2S. The molecule has 0 aromatic heterocycles. The average molecular weight is 270 g/mol. The molecule has 0 amide bonds. The van der Waals surface area contributed by atoms with Crippen LogP contribution in [0.4, 0.5) is 0 Å². The van der Waals surface area contributed by atoms with E-state index in [2.05, 4.69) is 4.74 Å². The second-order valence-corrected chi connectivity index (χ2v) is 4.81. The summed E-state index contributed by atoms with van der Waals surface area (Å²) in [5.74, 6) is 1.22. The molecule has 17 heavy (non-hydrogen) atoms. The molecule has 0 spiro atoms. The number of hydrogen-bond donors (Lipinski definition) is 0. The lowest BCUT2D eigenvalue weighted by Gasteiger charge is -2.04. The van der Waals surface area contributed by atoms with Crippen LogP contribution in [0.25, 0.3) is 0 Å². The number of hydrogen-bond acceptors (Lipinski definition) is 4. The lowest BCUT2D eigenvalue weighted by molar-refractivity contribution is -0.140. The molecule has 0 aliphatic carbocycles. The fourth-order valence-electron chi connectivity index (χ4n) is 1.17. The summed E-state index contributed by atoms with van der Waals surface area (Å²) >= 11 is 7.63. The molecule has 0 saturated heterocycles. The monoisotopic (exact) mass is 269 g/mol. The third-order valence-electron chi connectivity index (χ3n) is 2.12. The van der Waals surface area contributed by atoms with E-state index in [1.807, 2.05) is 12.1 Å². The first-order chi connectivity index (χ1) is 8.17. The smallest absolute Gasteiger partial charge is 0.306 e. The summed E-state index contributed by atoms with van der Waals surface area (Å²) < 4.78 is 4.54. The summed E-state index contributed by atoms with van der Waals surface area (Å²) in [5, 5.41) is 9.28. The second-order valence-electron chi connectivity index (χ2n) is 3.30. The predicted molar refractivity (Wildman–Crippen MR) is 69.0 cm³/mol. The van der Waals surface area contributed by atoms with Gasteiger partial charge in [0, 0.05) is 16.5 Å². The van der Waals surface area contributed by atoms with Gasteiger partial charge in [-0.15, -0.1) is 0 Å². The van der Waals surface area contributed by atoms with Crippen molar-refractivity contribution in [3.63, 3.8) is 0 Å². The van der Waals surface area contributed by atoms with Gasteiger partial charge in [-0.05, 0) is 17.7 Å². The molecule has 0 heterocycles. The van der Waals surface area contributed by atoms with E-state index in [1.54, 1.807) is 23.9 Å². The van der Waals surface area contributed by atoms with Crippen molar-refractivity contribution in [3.8, 4) is 6.07 Å². The molecule has 5 heteroatoms. The zero-order valence-electron chi connectivity index (χ0n) is 9.40. The van der Waals surface area contributed by atoms with Gasteiger partial charge in [-0.25, -0.2) is 0 Å². The topological polar surface area (TPSA) is 50.1 Å². The maximum atomic E-state index is 10.9. The van der Waals surface area contributed by atoms with Gasteiger partial charge in [-0.1, -0.05) is 17.7 Å². The second kappa shape index (κ2) is 7.21. The normalized spacial score (nSPS) is 9.71. The number of rotatable bonds is 5. The van der Waals surface area contributed by atoms with Crippen molar-refractivity contribution in [3.05, 3.63) is 34.3 Å². The summed E-state index contributed by atoms with van der Waals surface area (Å²) in [4.78, 5) is 10.9. The minimum Gasteiger partial charge on any atom is -0.469 e. The van der Waals surface area contributed by atoms with Gasteiger partial charge in [0.15, 0.2) is 0 Å². The van der Waals surface area contributed by atoms with Gasteiger partial charge in [0.1, 0.15) is 0 Å². The standard InChI is InChI=1S/C12H12ClNO2S/c1-16-12(15)4-5-17-8-10-3-2-9(7-14)6-11(10)13/h2-3,6H,4-5,8H2,1H3. The third-order valence-corrected chi connectivity index (χ3v) is 3.48. The molecule has 0 aliphatic rings. The molecule has 0 atom stereocenters. The molecule has 3 nitrogen and oxygen atoms in total. The Kier molecular flexibility index (Phi) is 5.88. The molecule has 0 radical (unpaired) electrons. The quantitative estimate of drug-likeness (QED) is 0.609. The minimum absolute atomic E-state index is 0.205. The summed E-state index contributed by atoms with van der Waals surface area (Å²) in [6, 6.07) is 7.26. The highest BCUT2D eigenvalue weighted by Crippen LogP contribution is 2.22. The van der Waals surface area contributed by atoms with Crippen LogP contribution in [0.3, 0.4) is 0 Å². The number of nitrogens with zero attached hydrogens (tertiary/aromatic N) is 1. The van der Waals surface area contributed by atoms with Gasteiger partial charge in [-0.3, -0.25) is 4.79 Å². The Morgan fingerprint density at radius 2 is 2.35 bits per heavy atom. The number of benzene rings is 1. The van der Waals surface area contributed by atoms with Gasteiger partial charge >= 0.3 is 5.97 Å². The number of carbonyl (C=O) groups is 1. The molecule has 0 bridgehead atoms. The van der Waals surface area contributed by atoms with E-state index in [0.717, 1.165) is 11.3 Å². The van der Waals surface area contributed by atoms with Crippen molar-refractivity contribution in [2.45, 2.75) is 12.2 Å². The van der Waals surface area contributed by atoms with Crippen LogP contribution >= 0.6 is 23.4 Å². The van der Waals surface area contributed by atoms with E-state index in [4.69, 9.17) is 16.9 Å². The van der Waals surface area contributed by atoms with Crippen LogP contribution in [-0.2, 0) is 15.3 Å². The van der Waals surface area contributed by atoms with E-state index in [1.165, 1.54) is 7.11 Å². The number of methoxy groups -OCH3 is 1. The van der Waals surface area contributed by atoms with E-state index < -0.39 is 0 Å². The van der Waals surface area contributed by atoms with Crippen molar-refractivity contribution in [1.29, 1.82) is 5.26 Å². The molecule has 0 aliphatic heterocycles.